The molecule has 0 spiro atoms. The summed E-state index contributed by atoms with van der Waals surface area (Å²) in [5.41, 5.74) is 0. The highest BCUT2D eigenvalue weighted by molar-refractivity contribution is 6.37. The molecule has 2 heterocycles. The molecule has 1 amide bonds. The maximum absolute atomic E-state index is 11.2. The number of nitrogens with zero attached hydrogens (tertiary/aromatic N) is 2. The summed E-state index contributed by atoms with van der Waals surface area (Å²) >= 11 is 12.3. The highest BCUT2D eigenvalue weighted by atomic mass is 35.5. The summed E-state index contributed by atoms with van der Waals surface area (Å²) in [4.78, 5) is 17.8. The van der Waals surface area contributed by atoms with Crippen LogP contribution in [0.25, 0.3) is 0 Å². The number of anilines is 2. The molecule has 1 aromatic rings. The Morgan fingerprint density at radius 1 is 1.52 bits per heavy atom. The van der Waals surface area contributed by atoms with Crippen molar-refractivity contribution in [2.75, 3.05) is 37.0 Å². The maximum Gasteiger partial charge on any atom is 0.407 e. The Bertz CT molecular complexity index is 527. The Kier molecular flexibility index (Phi) is 5.36. The lowest BCUT2D eigenvalue weighted by Gasteiger charge is -2.20. The largest absolute Gasteiger partial charge is 0.453 e. The molecule has 1 saturated heterocycles. The number of ether oxygens (including phenoxy) is 1. The zero-order valence-corrected chi connectivity index (χ0v) is 13.5. The Labute approximate surface area is 133 Å². The highest BCUT2D eigenvalue weighted by Crippen LogP contribution is 2.33. The number of pyridine rings is 1. The molecular weight excluding hydrogens is 315 g/mol. The van der Waals surface area contributed by atoms with Crippen molar-refractivity contribution in [2.45, 2.75) is 19.4 Å². The van der Waals surface area contributed by atoms with Crippen LogP contribution in [0.4, 0.5) is 16.4 Å². The van der Waals surface area contributed by atoms with Gasteiger partial charge in [-0.15, -0.1) is 0 Å². The monoisotopic (exact) mass is 332 g/mol. The molecule has 1 aliphatic rings. The summed E-state index contributed by atoms with van der Waals surface area (Å²) in [5.74, 6) is 1.29. The van der Waals surface area contributed by atoms with Crippen LogP contribution in [0.2, 0.25) is 10.0 Å². The Hall–Kier alpha value is -1.40. The van der Waals surface area contributed by atoms with E-state index in [1.165, 1.54) is 7.11 Å². The lowest BCUT2D eigenvalue weighted by molar-refractivity contribution is 0.167. The molecule has 1 aliphatic heterocycles. The first-order valence-corrected chi connectivity index (χ1v) is 7.50. The van der Waals surface area contributed by atoms with Crippen molar-refractivity contribution in [3.05, 3.63) is 16.1 Å². The number of hydrogen-bond acceptors (Lipinski definition) is 5. The molecule has 0 aromatic carbocycles. The SMILES string of the molecule is CCNc1nc(N2CCC(NC(=O)OC)C2)c(Cl)cc1Cl. The van der Waals surface area contributed by atoms with E-state index < -0.39 is 6.09 Å². The number of nitrogens with one attached hydrogen (secondary N) is 2. The zero-order valence-electron chi connectivity index (χ0n) is 11.9. The summed E-state index contributed by atoms with van der Waals surface area (Å²) in [5, 5.41) is 6.88. The van der Waals surface area contributed by atoms with Crippen molar-refractivity contribution in [1.82, 2.24) is 10.3 Å². The van der Waals surface area contributed by atoms with Crippen LogP contribution in [0, 0.1) is 0 Å². The summed E-state index contributed by atoms with van der Waals surface area (Å²) < 4.78 is 4.61. The van der Waals surface area contributed by atoms with Crippen molar-refractivity contribution in [2.24, 2.45) is 0 Å². The van der Waals surface area contributed by atoms with Gasteiger partial charge in [0.15, 0.2) is 0 Å². The van der Waals surface area contributed by atoms with E-state index in [1.54, 1.807) is 6.07 Å². The Morgan fingerprint density at radius 2 is 2.29 bits per heavy atom. The second-order valence-corrected chi connectivity index (χ2v) is 5.54. The van der Waals surface area contributed by atoms with Crippen molar-refractivity contribution >= 4 is 40.9 Å². The standard InChI is InChI=1S/C13H18Cl2N4O2/c1-3-16-11-9(14)6-10(15)12(18-11)19-5-4-8(7-19)17-13(20)21-2/h6,8H,3-5,7H2,1-2H3,(H,16,18)(H,17,20). The zero-order chi connectivity index (χ0) is 15.4. The molecule has 6 nitrogen and oxygen atoms in total. The van der Waals surface area contributed by atoms with E-state index in [2.05, 4.69) is 20.4 Å². The molecule has 0 aliphatic carbocycles. The topological polar surface area (TPSA) is 66.5 Å². The van der Waals surface area contributed by atoms with E-state index in [0.29, 0.717) is 28.2 Å². The number of carbonyl (C=O) groups excluding carboxylic acids is 1. The van der Waals surface area contributed by atoms with E-state index in [4.69, 9.17) is 23.2 Å². The van der Waals surface area contributed by atoms with Gasteiger partial charge in [-0.2, -0.15) is 0 Å². The number of halogens is 2. The van der Waals surface area contributed by atoms with Crippen LogP contribution < -0.4 is 15.5 Å². The van der Waals surface area contributed by atoms with Gasteiger partial charge in [-0.25, -0.2) is 9.78 Å². The van der Waals surface area contributed by atoms with Gasteiger partial charge in [0.05, 0.1) is 23.2 Å². The minimum atomic E-state index is -0.426. The molecule has 1 fully saturated rings. The van der Waals surface area contributed by atoms with Crippen LogP contribution in [0.15, 0.2) is 6.07 Å². The summed E-state index contributed by atoms with van der Waals surface area (Å²) in [7, 11) is 1.35. The van der Waals surface area contributed by atoms with Crippen LogP contribution in [-0.4, -0.2) is 43.9 Å². The fraction of sp³-hybridized carbons (Fsp3) is 0.538. The molecule has 1 aromatic heterocycles. The normalized spacial score (nSPS) is 17.7. The summed E-state index contributed by atoms with van der Waals surface area (Å²) in [6.45, 7) is 4.09. The molecule has 1 atom stereocenters. The van der Waals surface area contributed by atoms with E-state index in [9.17, 15) is 4.79 Å². The molecule has 8 heteroatoms. The number of carbonyl (C=O) groups is 1. The number of amides is 1. The number of aromatic nitrogens is 1. The van der Waals surface area contributed by atoms with Crippen molar-refractivity contribution < 1.29 is 9.53 Å². The Balaban J connectivity index is 2.12. The fourth-order valence-corrected chi connectivity index (χ4v) is 2.81. The van der Waals surface area contributed by atoms with E-state index in [-0.39, 0.29) is 6.04 Å². The predicted molar refractivity (Wildman–Crippen MR) is 84.6 cm³/mol. The smallest absolute Gasteiger partial charge is 0.407 e. The first-order chi connectivity index (χ1) is 10.0. The molecule has 2 N–H and O–H groups in total. The minimum absolute atomic E-state index is 0.0218. The molecule has 1 unspecified atom stereocenters. The lowest BCUT2D eigenvalue weighted by Crippen LogP contribution is -2.37. The minimum Gasteiger partial charge on any atom is -0.453 e. The van der Waals surface area contributed by atoms with Crippen LogP contribution in [0.3, 0.4) is 0 Å². The lowest BCUT2D eigenvalue weighted by atomic mass is 10.3. The van der Waals surface area contributed by atoms with Gasteiger partial charge in [0.25, 0.3) is 0 Å². The number of methoxy groups -OCH3 is 1. The number of alkyl carbamates (subject to hydrolysis) is 1. The van der Waals surface area contributed by atoms with Crippen LogP contribution in [0.1, 0.15) is 13.3 Å². The molecule has 2 rings (SSSR count). The van der Waals surface area contributed by atoms with E-state index in [1.807, 2.05) is 11.8 Å². The number of hydrogen-bond donors (Lipinski definition) is 2. The summed E-state index contributed by atoms with van der Waals surface area (Å²) in [6, 6.07) is 1.71. The molecule has 0 bridgehead atoms. The average Bonchev–Trinajstić information content (AvgIpc) is 2.90. The van der Waals surface area contributed by atoms with Crippen LogP contribution in [-0.2, 0) is 4.74 Å². The number of rotatable bonds is 4. The molecule has 0 radical (unpaired) electrons. The van der Waals surface area contributed by atoms with Gasteiger partial charge in [0, 0.05) is 19.6 Å². The second-order valence-electron chi connectivity index (χ2n) is 4.72. The molecule has 116 valence electrons. The predicted octanol–water partition coefficient (Wildman–Crippen LogP) is 2.75. The van der Waals surface area contributed by atoms with E-state index in [0.717, 1.165) is 19.5 Å². The van der Waals surface area contributed by atoms with Gasteiger partial charge in [-0.1, -0.05) is 23.2 Å². The van der Waals surface area contributed by atoms with Gasteiger partial charge in [0.1, 0.15) is 11.6 Å². The second kappa shape index (κ2) is 7.04. The van der Waals surface area contributed by atoms with Crippen molar-refractivity contribution in [3.8, 4) is 0 Å². The molecule has 21 heavy (non-hydrogen) atoms. The fourth-order valence-electron chi connectivity index (χ4n) is 2.27. The van der Waals surface area contributed by atoms with Crippen molar-refractivity contribution in [1.29, 1.82) is 0 Å². The van der Waals surface area contributed by atoms with Gasteiger partial charge < -0.3 is 20.3 Å². The van der Waals surface area contributed by atoms with Crippen LogP contribution in [0.5, 0.6) is 0 Å². The maximum atomic E-state index is 11.2. The Morgan fingerprint density at radius 3 is 2.95 bits per heavy atom. The van der Waals surface area contributed by atoms with Gasteiger partial charge in [0.2, 0.25) is 0 Å². The van der Waals surface area contributed by atoms with E-state index >= 15 is 0 Å². The third kappa shape index (κ3) is 3.83. The first kappa shape index (κ1) is 16.0. The first-order valence-electron chi connectivity index (χ1n) is 6.74. The molecule has 0 saturated carbocycles. The average molecular weight is 333 g/mol. The van der Waals surface area contributed by atoms with Gasteiger partial charge in [-0.05, 0) is 19.4 Å². The van der Waals surface area contributed by atoms with Gasteiger partial charge >= 0.3 is 6.09 Å². The third-order valence-corrected chi connectivity index (χ3v) is 3.82. The van der Waals surface area contributed by atoms with Gasteiger partial charge in [-0.3, -0.25) is 0 Å². The quantitative estimate of drug-likeness (QED) is 0.887. The van der Waals surface area contributed by atoms with Crippen LogP contribution >= 0.6 is 23.2 Å². The molecular formula is C13H18Cl2N4O2. The third-order valence-electron chi connectivity index (χ3n) is 3.25. The summed E-state index contributed by atoms with van der Waals surface area (Å²) in [6.07, 6.45) is 0.386. The highest BCUT2D eigenvalue weighted by Gasteiger charge is 2.27. The van der Waals surface area contributed by atoms with Crippen molar-refractivity contribution in [3.63, 3.8) is 0 Å².